The second-order valence-electron chi connectivity index (χ2n) is 3.62. The van der Waals surface area contributed by atoms with Crippen LogP contribution in [0.2, 0.25) is 0 Å². The van der Waals surface area contributed by atoms with Crippen molar-refractivity contribution in [3.05, 3.63) is 20.8 Å². The van der Waals surface area contributed by atoms with Crippen molar-refractivity contribution in [1.29, 1.82) is 0 Å². The van der Waals surface area contributed by atoms with E-state index in [0.717, 1.165) is 19.3 Å². The van der Waals surface area contributed by atoms with Gasteiger partial charge in [-0.3, -0.25) is 0 Å². The van der Waals surface area contributed by atoms with E-state index < -0.39 is 0 Å². The number of halogens is 1. The molecule has 0 aromatic rings. The van der Waals surface area contributed by atoms with Gasteiger partial charge in [-0.25, -0.2) is 0 Å². The maximum atomic E-state index is 3.68. The van der Waals surface area contributed by atoms with Crippen molar-refractivity contribution < 1.29 is 18.3 Å². The molecule has 0 spiro atoms. The predicted octanol–water partition coefficient (Wildman–Crippen LogP) is 6.88. The molecule has 0 atom stereocenters. The number of unbranched alkanes of at least 4 members (excludes halogenated alkanes) is 6. The fraction of sp³-hybridized carbons (Fsp3) is 0.800. The predicted molar refractivity (Wildman–Crippen MR) is 83.6 cm³/mol. The Balaban J connectivity index is -0.0000000693. The number of hydrogen-bond acceptors (Lipinski definition) is 0. The van der Waals surface area contributed by atoms with Crippen molar-refractivity contribution in [1.82, 2.24) is 0 Å². The molecule has 0 aliphatic carbocycles. The first kappa shape index (κ1) is 26.7. The van der Waals surface area contributed by atoms with Crippen LogP contribution in [0.1, 0.15) is 78.6 Å². The summed E-state index contributed by atoms with van der Waals surface area (Å²) in [5.74, 6) is 0. The first-order valence-electron chi connectivity index (χ1n) is 6.81. The molecule has 0 saturated heterocycles. The summed E-state index contributed by atoms with van der Waals surface area (Å²) in [7, 11) is 0. The average Bonchev–Trinajstić information content (AvgIpc) is 2.36. The molecule has 0 N–H and O–H groups in total. The number of rotatable bonds is 6. The van der Waals surface area contributed by atoms with Crippen molar-refractivity contribution >= 4 is 13.2 Å². The molecule has 0 unspecified atom stereocenters. The van der Waals surface area contributed by atoms with E-state index in [1.807, 2.05) is 18.3 Å². The molecular weight excluding hydrogens is 308 g/mol. The van der Waals surface area contributed by atoms with Crippen LogP contribution >= 0.6 is 13.2 Å². The van der Waals surface area contributed by atoms with E-state index >= 15 is 0 Å². The molecule has 0 rings (SSSR count). The van der Waals surface area contributed by atoms with Gasteiger partial charge < -0.3 is 20.8 Å². The molecule has 2 heteroatoms. The van der Waals surface area contributed by atoms with Crippen LogP contribution in [0.25, 0.3) is 0 Å². The van der Waals surface area contributed by atoms with Gasteiger partial charge in [-0.1, -0.05) is 59.3 Å². The van der Waals surface area contributed by atoms with Crippen LogP contribution in [0.15, 0.2) is 0 Å². The van der Waals surface area contributed by atoms with E-state index in [1.165, 1.54) is 38.5 Å². The van der Waals surface area contributed by atoms with Gasteiger partial charge in [0.2, 0.25) is 0 Å². The SMILES string of the molecule is [CH2-]CCCC.[CH2-]CCCC.[CH2-]CCCC.[Ti+3][Br]. The van der Waals surface area contributed by atoms with E-state index in [-0.39, 0.29) is 0 Å². The summed E-state index contributed by atoms with van der Waals surface area (Å²) >= 11 is 4.75. The van der Waals surface area contributed by atoms with Crippen molar-refractivity contribution in [3.63, 3.8) is 0 Å². The van der Waals surface area contributed by atoms with Gasteiger partial charge in [0.25, 0.3) is 0 Å². The van der Waals surface area contributed by atoms with Gasteiger partial charge in [0.05, 0.1) is 0 Å². The number of hydrogen-bond donors (Lipinski definition) is 0. The van der Waals surface area contributed by atoms with Crippen LogP contribution < -0.4 is 0 Å². The van der Waals surface area contributed by atoms with Gasteiger partial charge in [0.1, 0.15) is 0 Å². The summed E-state index contributed by atoms with van der Waals surface area (Å²) in [5, 5.41) is 0. The normalized spacial score (nSPS) is 7.82. The van der Waals surface area contributed by atoms with Crippen LogP contribution in [0.4, 0.5) is 0 Å². The summed E-state index contributed by atoms with van der Waals surface area (Å²) in [6, 6.07) is 0. The van der Waals surface area contributed by atoms with Crippen molar-refractivity contribution in [3.8, 4) is 0 Å². The molecule has 0 aliphatic heterocycles. The van der Waals surface area contributed by atoms with Crippen LogP contribution in [-0.4, -0.2) is 0 Å². The van der Waals surface area contributed by atoms with Crippen molar-refractivity contribution in [2.45, 2.75) is 78.6 Å². The third kappa shape index (κ3) is 76.7. The third-order valence-electron chi connectivity index (χ3n) is 1.81. The first-order valence-corrected chi connectivity index (χ1v) is 10.7. The molecule has 0 aromatic carbocycles. The summed E-state index contributed by atoms with van der Waals surface area (Å²) in [4.78, 5) is 0. The summed E-state index contributed by atoms with van der Waals surface area (Å²) in [5.41, 5.74) is 0. The van der Waals surface area contributed by atoms with Crippen LogP contribution in [0.5, 0.6) is 0 Å². The Labute approximate surface area is 130 Å². The molecule has 104 valence electrons. The quantitative estimate of drug-likeness (QED) is 0.365. The molecule has 0 aromatic heterocycles. The monoisotopic (exact) mass is 340 g/mol. The molecule has 0 fully saturated rings. The summed E-state index contributed by atoms with van der Waals surface area (Å²) in [6.07, 6.45) is 11.0. The van der Waals surface area contributed by atoms with E-state index in [1.54, 1.807) is 0 Å². The Morgan fingerprint density at radius 2 is 0.824 bits per heavy atom. The Kier molecular flexibility index (Phi) is 68.1. The maximum absolute atomic E-state index is 3.68. The molecule has 0 saturated carbocycles. The summed E-state index contributed by atoms with van der Waals surface area (Å²) in [6.45, 7) is 17.5. The minimum atomic E-state index is 1.09. The van der Waals surface area contributed by atoms with Gasteiger partial charge in [-0.15, -0.1) is 0 Å². The van der Waals surface area contributed by atoms with Crippen LogP contribution in [-0.2, 0) is 18.3 Å². The molecule has 0 radical (unpaired) electrons. The van der Waals surface area contributed by atoms with E-state index in [0.29, 0.717) is 0 Å². The van der Waals surface area contributed by atoms with Crippen molar-refractivity contribution in [2.24, 2.45) is 0 Å². The molecule has 0 amide bonds. The molecule has 17 heavy (non-hydrogen) atoms. The minimum absolute atomic E-state index is 1.09. The second-order valence-corrected chi connectivity index (χ2v) is 3.62. The fourth-order valence-electron chi connectivity index (χ4n) is 0.750. The Morgan fingerprint density at radius 3 is 0.824 bits per heavy atom. The standard InChI is InChI=1S/3C5H11.BrH.Ti/c3*1-3-5-4-2;;/h3*1,3-5H2,2H3;1H;/q3*-1;;+4/p-1. The van der Waals surface area contributed by atoms with Crippen molar-refractivity contribution in [2.75, 3.05) is 0 Å². The third-order valence-corrected chi connectivity index (χ3v) is 1.81. The average molecular weight is 341 g/mol. The fourth-order valence-corrected chi connectivity index (χ4v) is 0.750. The zero-order valence-corrected chi connectivity index (χ0v) is 15.5. The zero-order valence-electron chi connectivity index (χ0n) is 12.4. The molecule has 0 nitrogen and oxygen atoms in total. The summed E-state index contributed by atoms with van der Waals surface area (Å²) < 4.78 is 0. The molecule has 0 heterocycles. The van der Waals surface area contributed by atoms with Gasteiger partial charge in [-0.05, 0) is 0 Å². The Morgan fingerprint density at radius 1 is 0.647 bits per heavy atom. The van der Waals surface area contributed by atoms with Gasteiger partial charge in [0.15, 0.2) is 0 Å². The Hall–Kier alpha value is 1.19. The first-order chi connectivity index (χ1) is 8.24. The van der Waals surface area contributed by atoms with E-state index in [4.69, 9.17) is 0 Å². The van der Waals surface area contributed by atoms with Gasteiger partial charge in [0, 0.05) is 0 Å². The van der Waals surface area contributed by atoms with Crippen LogP contribution in [0, 0.1) is 20.8 Å². The second kappa shape index (κ2) is 43.4. The van der Waals surface area contributed by atoms with E-state index in [2.05, 4.69) is 54.7 Å². The molecule has 0 bridgehead atoms. The zero-order chi connectivity index (χ0) is 14.4. The topological polar surface area (TPSA) is 0 Å². The molecular formula is C15H33BrTi. The van der Waals surface area contributed by atoms with Crippen LogP contribution in [0.3, 0.4) is 0 Å². The van der Waals surface area contributed by atoms with Gasteiger partial charge in [-0.2, -0.15) is 19.3 Å². The van der Waals surface area contributed by atoms with E-state index in [9.17, 15) is 0 Å². The molecule has 0 aliphatic rings. The Bertz CT molecular complexity index is 47.7. The van der Waals surface area contributed by atoms with Gasteiger partial charge >= 0.3 is 31.5 Å².